The van der Waals surface area contributed by atoms with Gasteiger partial charge in [0.25, 0.3) is 5.82 Å². The summed E-state index contributed by atoms with van der Waals surface area (Å²) in [7, 11) is 0. The third-order valence-electron chi connectivity index (χ3n) is 1.66. The Morgan fingerprint density at radius 1 is 1.33 bits per heavy atom. The maximum Gasteiger partial charge on any atom is 0.377 e. The zero-order valence-corrected chi connectivity index (χ0v) is 8.09. The van der Waals surface area contributed by atoms with Crippen molar-refractivity contribution in [3.05, 3.63) is 35.1 Å². The molecule has 0 aliphatic heterocycles. The predicted octanol–water partition coefficient (Wildman–Crippen LogP) is 1.01. The number of carboxylic acid groups (broad SMARTS) is 1. The van der Waals surface area contributed by atoms with Gasteiger partial charge in [-0.15, -0.1) is 15.0 Å². The fourth-order valence-corrected chi connectivity index (χ4v) is 1.11. The lowest BCUT2D eigenvalue weighted by molar-refractivity contribution is 0.0683. The van der Waals surface area contributed by atoms with Crippen molar-refractivity contribution in [2.75, 3.05) is 0 Å². The Balaban J connectivity index is 2.37. The van der Waals surface area contributed by atoms with E-state index in [0.29, 0.717) is 10.7 Å². The number of rotatable bonds is 2. The summed E-state index contributed by atoms with van der Waals surface area (Å²) in [5.41, 5.74) is 0.597. The van der Waals surface area contributed by atoms with Crippen LogP contribution in [-0.4, -0.2) is 31.3 Å². The van der Waals surface area contributed by atoms with Crippen molar-refractivity contribution >= 4 is 17.6 Å². The van der Waals surface area contributed by atoms with E-state index in [2.05, 4.69) is 15.4 Å². The van der Waals surface area contributed by atoms with Gasteiger partial charge in [0.1, 0.15) is 0 Å². The molecule has 15 heavy (non-hydrogen) atoms. The summed E-state index contributed by atoms with van der Waals surface area (Å²) in [6.45, 7) is 0. The smallest absolute Gasteiger partial charge is 0.377 e. The lowest BCUT2D eigenvalue weighted by Crippen LogP contribution is -2.02. The number of aromatic nitrogens is 4. The maximum atomic E-state index is 10.5. The molecular formula is C8H5ClN4O2. The van der Waals surface area contributed by atoms with Gasteiger partial charge in [0.15, 0.2) is 0 Å². The summed E-state index contributed by atoms with van der Waals surface area (Å²) >= 11 is 5.69. The Morgan fingerprint density at radius 3 is 2.53 bits per heavy atom. The molecule has 1 aromatic carbocycles. The second-order valence-corrected chi connectivity index (χ2v) is 3.12. The fraction of sp³-hybridized carbons (Fsp3) is 0. The van der Waals surface area contributed by atoms with Crippen LogP contribution in [-0.2, 0) is 0 Å². The summed E-state index contributed by atoms with van der Waals surface area (Å²) < 4.78 is 0. The Morgan fingerprint density at radius 2 is 2.00 bits per heavy atom. The van der Waals surface area contributed by atoms with Crippen LogP contribution in [0.5, 0.6) is 0 Å². The summed E-state index contributed by atoms with van der Waals surface area (Å²) in [6, 6.07) is 6.63. The van der Waals surface area contributed by atoms with Gasteiger partial charge < -0.3 is 5.11 Å². The number of nitrogens with zero attached hydrogens (tertiary/aromatic N) is 4. The molecule has 0 unspecified atom stereocenters. The Labute approximate surface area is 89.1 Å². The molecule has 1 N–H and O–H groups in total. The highest BCUT2D eigenvalue weighted by atomic mass is 35.5. The number of aromatic carboxylic acids is 1. The molecule has 76 valence electrons. The van der Waals surface area contributed by atoms with Crippen molar-refractivity contribution in [2.45, 2.75) is 0 Å². The number of carboxylic acids is 1. The highest BCUT2D eigenvalue weighted by molar-refractivity contribution is 6.30. The van der Waals surface area contributed by atoms with E-state index >= 15 is 0 Å². The summed E-state index contributed by atoms with van der Waals surface area (Å²) in [5.74, 6) is -1.56. The lowest BCUT2D eigenvalue weighted by atomic mass is 10.3. The molecule has 1 aromatic heterocycles. The summed E-state index contributed by atoms with van der Waals surface area (Å²) in [4.78, 5) is 11.6. The van der Waals surface area contributed by atoms with Crippen LogP contribution in [0.3, 0.4) is 0 Å². The van der Waals surface area contributed by atoms with Gasteiger partial charge in [0.2, 0.25) is 0 Å². The van der Waals surface area contributed by atoms with Crippen molar-refractivity contribution in [2.24, 2.45) is 0 Å². The first-order valence-corrected chi connectivity index (χ1v) is 4.34. The molecular weight excluding hydrogens is 220 g/mol. The number of tetrazole rings is 1. The van der Waals surface area contributed by atoms with Gasteiger partial charge >= 0.3 is 5.97 Å². The molecule has 0 aliphatic carbocycles. The third-order valence-corrected chi connectivity index (χ3v) is 1.91. The van der Waals surface area contributed by atoms with Gasteiger partial charge in [-0.2, -0.15) is 0 Å². The van der Waals surface area contributed by atoms with E-state index in [4.69, 9.17) is 16.7 Å². The molecule has 0 saturated heterocycles. The van der Waals surface area contributed by atoms with Gasteiger partial charge in [-0.1, -0.05) is 11.6 Å². The maximum absolute atomic E-state index is 10.5. The van der Waals surface area contributed by atoms with Crippen LogP contribution in [0.1, 0.15) is 10.6 Å². The molecule has 0 spiro atoms. The minimum atomic E-state index is -1.21. The molecule has 2 aromatic rings. The Bertz CT molecular complexity index is 494. The lowest BCUT2D eigenvalue weighted by Gasteiger charge is -1.96. The largest absolute Gasteiger partial charge is 0.475 e. The predicted molar refractivity (Wildman–Crippen MR) is 51.1 cm³/mol. The molecule has 0 amide bonds. The monoisotopic (exact) mass is 224 g/mol. The molecule has 0 bridgehead atoms. The zero-order chi connectivity index (χ0) is 10.8. The number of halogens is 1. The van der Waals surface area contributed by atoms with Gasteiger partial charge in [-0.3, -0.25) is 0 Å². The minimum absolute atomic E-state index is 0.343. The first-order chi connectivity index (χ1) is 7.16. The van der Waals surface area contributed by atoms with Crippen molar-refractivity contribution in [3.8, 4) is 5.69 Å². The SMILES string of the molecule is O=C(O)c1nnn(-c2ccc(Cl)cc2)n1. The standard InChI is InChI=1S/C8H5ClN4O2/c9-5-1-3-6(4-2-5)13-11-7(8(14)15)10-12-13/h1-4H,(H,14,15). The Kier molecular flexibility index (Phi) is 2.34. The van der Waals surface area contributed by atoms with E-state index in [9.17, 15) is 4.79 Å². The molecule has 0 atom stereocenters. The quantitative estimate of drug-likeness (QED) is 0.824. The minimum Gasteiger partial charge on any atom is -0.475 e. The number of hydrogen-bond donors (Lipinski definition) is 1. The first-order valence-electron chi connectivity index (χ1n) is 3.96. The van der Waals surface area contributed by atoms with Crippen molar-refractivity contribution in [1.82, 2.24) is 20.2 Å². The van der Waals surface area contributed by atoms with Crippen molar-refractivity contribution in [3.63, 3.8) is 0 Å². The molecule has 0 saturated carbocycles. The third kappa shape index (κ3) is 1.94. The van der Waals surface area contributed by atoms with Crippen LogP contribution < -0.4 is 0 Å². The Hall–Kier alpha value is -1.95. The van der Waals surface area contributed by atoms with Gasteiger partial charge in [0, 0.05) is 5.02 Å². The zero-order valence-electron chi connectivity index (χ0n) is 7.33. The van der Waals surface area contributed by atoms with Gasteiger partial charge in [-0.25, -0.2) is 4.79 Å². The van der Waals surface area contributed by atoms with Crippen molar-refractivity contribution in [1.29, 1.82) is 0 Å². The van der Waals surface area contributed by atoms with E-state index in [0.717, 1.165) is 4.80 Å². The van der Waals surface area contributed by atoms with Crippen LogP contribution in [0.15, 0.2) is 24.3 Å². The van der Waals surface area contributed by atoms with E-state index < -0.39 is 5.97 Å². The molecule has 6 nitrogen and oxygen atoms in total. The molecule has 7 heteroatoms. The van der Waals surface area contributed by atoms with E-state index in [1.54, 1.807) is 24.3 Å². The number of carbonyl (C=O) groups is 1. The van der Waals surface area contributed by atoms with Gasteiger partial charge in [-0.05, 0) is 29.5 Å². The van der Waals surface area contributed by atoms with Crippen LogP contribution in [0.2, 0.25) is 5.02 Å². The topological polar surface area (TPSA) is 80.9 Å². The van der Waals surface area contributed by atoms with Crippen LogP contribution in [0.25, 0.3) is 5.69 Å². The second-order valence-electron chi connectivity index (χ2n) is 2.68. The molecule has 1 heterocycles. The van der Waals surface area contributed by atoms with Gasteiger partial charge in [0.05, 0.1) is 5.69 Å². The van der Waals surface area contributed by atoms with E-state index in [-0.39, 0.29) is 5.82 Å². The molecule has 0 aliphatic rings. The highest BCUT2D eigenvalue weighted by Gasteiger charge is 2.10. The van der Waals surface area contributed by atoms with Crippen LogP contribution in [0.4, 0.5) is 0 Å². The fourth-order valence-electron chi connectivity index (χ4n) is 0.984. The average molecular weight is 225 g/mol. The summed E-state index contributed by atoms with van der Waals surface area (Å²) in [5, 5.41) is 19.8. The normalized spacial score (nSPS) is 10.2. The number of hydrogen-bond acceptors (Lipinski definition) is 4. The molecule has 2 rings (SSSR count). The highest BCUT2D eigenvalue weighted by Crippen LogP contribution is 2.11. The molecule has 0 fully saturated rings. The second kappa shape index (κ2) is 3.66. The summed E-state index contributed by atoms with van der Waals surface area (Å²) in [6.07, 6.45) is 0. The van der Waals surface area contributed by atoms with Crippen LogP contribution >= 0.6 is 11.6 Å². The number of benzene rings is 1. The molecule has 0 radical (unpaired) electrons. The first kappa shape index (κ1) is 9.60. The van der Waals surface area contributed by atoms with E-state index in [1.807, 2.05) is 0 Å². The average Bonchev–Trinajstić information content (AvgIpc) is 2.68. The van der Waals surface area contributed by atoms with E-state index in [1.165, 1.54) is 0 Å². The van der Waals surface area contributed by atoms with Crippen molar-refractivity contribution < 1.29 is 9.90 Å². The van der Waals surface area contributed by atoms with Crippen LogP contribution in [0, 0.1) is 0 Å².